The number of aliphatic hydroxyl groups is 1. The van der Waals surface area contributed by atoms with Crippen LogP contribution in [0.4, 0.5) is 0 Å². The fourth-order valence-electron chi connectivity index (χ4n) is 1.48. The summed E-state index contributed by atoms with van der Waals surface area (Å²) in [5.41, 5.74) is 1.50. The zero-order valence-electron chi connectivity index (χ0n) is 9.72. The normalized spacial score (nSPS) is 16.0. The molecule has 0 spiro atoms. The Morgan fingerprint density at radius 3 is 2.31 bits per heavy atom. The lowest BCUT2D eigenvalue weighted by Crippen LogP contribution is -2.19. The number of allylic oxidation sites excluding steroid dienone is 2. The van der Waals surface area contributed by atoms with Crippen LogP contribution in [0.5, 0.6) is 0 Å². The molecule has 0 aliphatic carbocycles. The lowest BCUT2D eigenvalue weighted by atomic mass is 10.2. The molecule has 0 aromatic carbocycles. The van der Waals surface area contributed by atoms with Crippen LogP contribution in [-0.4, -0.2) is 19.3 Å². The first kappa shape index (κ1) is 12.9. The fraction of sp³-hybridized carbons (Fsp3) is 0.818. The van der Waals surface area contributed by atoms with Crippen molar-refractivity contribution in [2.75, 3.05) is 0 Å². The maximum atomic E-state index is 9.08. The van der Waals surface area contributed by atoms with Crippen LogP contribution in [-0.2, 0) is 0 Å². The minimum Gasteiger partial charge on any atom is -0.393 e. The second kappa shape index (κ2) is 5.61. The second-order valence-electron chi connectivity index (χ2n) is 5.21. The summed E-state index contributed by atoms with van der Waals surface area (Å²) in [6, 6.07) is 1.28. The van der Waals surface area contributed by atoms with Gasteiger partial charge in [-0.25, -0.2) is 0 Å². The van der Waals surface area contributed by atoms with Crippen LogP contribution in [0.25, 0.3) is 0 Å². The van der Waals surface area contributed by atoms with Crippen molar-refractivity contribution in [1.82, 2.24) is 0 Å². The molecule has 0 heterocycles. The lowest BCUT2D eigenvalue weighted by Gasteiger charge is -2.15. The van der Waals surface area contributed by atoms with Crippen LogP contribution >= 0.6 is 0 Å². The van der Waals surface area contributed by atoms with Gasteiger partial charge in [0.1, 0.15) is 0 Å². The highest BCUT2D eigenvalue weighted by Crippen LogP contribution is 2.16. The Bertz CT molecular complexity index is 165. The van der Waals surface area contributed by atoms with E-state index in [4.69, 9.17) is 5.11 Å². The van der Waals surface area contributed by atoms with Gasteiger partial charge in [-0.05, 0) is 32.7 Å². The van der Waals surface area contributed by atoms with Gasteiger partial charge in [-0.1, -0.05) is 31.3 Å². The molecule has 1 unspecified atom stereocenters. The molecule has 0 aliphatic heterocycles. The standard InChI is InChI=1S/C11H24OSi/c1-10(9-13(3,4)5)7-6-8-11(2)12/h7,11-12H,6,8-9H2,1-5H3. The molecule has 1 nitrogen and oxygen atoms in total. The molecule has 0 amide bonds. The Morgan fingerprint density at radius 1 is 1.38 bits per heavy atom. The SMILES string of the molecule is CC(=CCCC(C)O)C[Si](C)(C)C. The maximum Gasteiger partial charge on any atom is 0.0515 e. The molecule has 13 heavy (non-hydrogen) atoms. The van der Waals surface area contributed by atoms with Gasteiger partial charge in [-0.2, -0.15) is 0 Å². The van der Waals surface area contributed by atoms with Gasteiger partial charge >= 0.3 is 0 Å². The molecule has 0 bridgehead atoms. The zero-order chi connectivity index (χ0) is 10.5. The van der Waals surface area contributed by atoms with E-state index in [1.54, 1.807) is 0 Å². The van der Waals surface area contributed by atoms with Crippen LogP contribution in [0.1, 0.15) is 26.7 Å². The molecular weight excluding hydrogens is 176 g/mol. The molecule has 0 rings (SSSR count). The molecule has 0 aromatic rings. The molecule has 1 atom stereocenters. The fourth-order valence-corrected chi connectivity index (χ4v) is 3.30. The molecule has 0 saturated heterocycles. The van der Waals surface area contributed by atoms with Crippen molar-refractivity contribution >= 4 is 8.07 Å². The molecule has 0 radical (unpaired) electrons. The van der Waals surface area contributed by atoms with Crippen molar-refractivity contribution in [3.05, 3.63) is 11.6 Å². The Kier molecular flexibility index (Phi) is 5.57. The summed E-state index contributed by atoms with van der Waals surface area (Å²) >= 11 is 0. The van der Waals surface area contributed by atoms with Gasteiger partial charge in [-0.3, -0.25) is 0 Å². The first-order valence-corrected chi connectivity index (χ1v) is 8.85. The lowest BCUT2D eigenvalue weighted by molar-refractivity contribution is 0.186. The Labute approximate surface area is 83.9 Å². The number of hydrogen-bond donors (Lipinski definition) is 1. The molecule has 0 aliphatic rings. The quantitative estimate of drug-likeness (QED) is 0.532. The summed E-state index contributed by atoms with van der Waals surface area (Å²) < 4.78 is 0. The van der Waals surface area contributed by atoms with E-state index < -0.39 is 8.07 Å². The van der Waals surface area contributed by atoms with E-state index in [9.17, 15) is 0 Å². The second-order valence-corrected chi connectivity index (χ2v) is 10.7. The molecular formula is C11H24OSi. The van der Waals surface area contributed by atoms with E-state index >= 15 is 0 Å². The van der Waals surface area contributed by atoms with E-state index in [1.807, 2.05) is 6.92 Å². The first-order valence-electron chi connectivity index (χ1n) is 5.15. The van der Waals surface area contributed by atoms with Crippen LogP contribution in [0.2, 0.25) is 25.7 Å². The highest BCUT2D eigenvalue weighted by Gasteiger charge is 2.12. The average Bonchev–Trinajstić information content (AvgIpc) is 1.81. The third-order valence-corrected chi connectivity index (χ3v) is 3.50. The van der Waals surface area contributed by atoms with Crippen LogP contribution < -0.4 is 0 Å². The van der Waals surface area contributed by atoms with E-state index in [-0.39, 0.29) is 6.10 Å². The first-order chi connectivity index (χ1) is 5.81. The van der Waals surface area contributed by atoms with Gasteiger partial charge in [0.25, 0.3) is 0 Å². The minimum atomic E-state index is -0.928. The van der Waals surface area contributed by atoms with Gasteiger partial charge in [0, 0.05) is 8.07 Å². The van der Waals surface area contributed by atoms with Crippen LogP contribution in [0.15, 0.2) is 11.6 Å². The van der Waals surface area contributed by atoms with Gasteiger partial charge in [0.2, 0.25) is 0 Å². The van der Waals surface area contributed by atoms with Crippen molar-refractivity contribution in [3.8, 4) is 0 Å². The smallest absolute Gasteiger partial charge is 0.0515 e. The number of aliphatic hydroxyl groups excluding tert-OH is 1. The molecule has 78 valence electrons. The molecule has 2 heteroatoms. The third kappa shape index (κ3) is 9.83. The molecule has 0 aromatic heterocycles. The van der Waals surface area contributed by atoms with E-state index in [0.29, 0.717) is 0 Å². The Hall–Kier alpha value is -0.0831. The Morgan fingerprint density at radius 2 is 1.92 bits per heavy atom. The van der Waals surface area contributed by atoms with E-state index in [2.05, 4.69) is 32.6 Å². The van der Waals surface area contributed by atoms with Crippen molar-refractivity contribution in [2.24, 2.45) is 0 Å². The highest BCUT2D eigenvalue weighted by molar-refractivity contribution is 6.76. The van der Waals surface area contributed by atoms with Crippen LogP contribution in [0, 0.1) is 0 Å². The number of rotatable bonds is 5. The maximum absolute atomic E-state index is 9.08. The van der Waals surface area contributed by atoms with Crippen molar-refractivity contribution in [3.63, 3.8) is 0 Å². The molecule has 0 fully saturated rings. The number of hydrogen-bond acceptors (Lipinski definition) is 1. The molecule has 1 N–H and O–H groups in total. The predicted octanol–water partition coefficient (Wildman–Crippen LogP) is 3.43. The summed E-state index contributed by atoms with van der Waals surface area (Å²) in [6.45, 7) is 11.2. The average molecular weight is 200 g/mol. The van der Waals surface area contributed by atoms with Gasteiger partial charge in [-0.15, -0.1) is 0 Å². The van der Waals surface area contributed by atoms with E-state index in [1.165, 1.54) is 11.6 Å². The highest BCUT2D eigenvalue weighted by atomic mass is 28.3. The van der Waals surface area contributed by atoms with Crippen LogP contribution in [0.3, 0.4) is 0 Å². The summed E-state index contributed by atoms with van der Waals surface area (Å²) in [6.07, 6.45) is 4.04. The topological polar surface area (TPSA) is 20.2 Å². The summed E-state index contributed by atoms with van der Waals surface area (Å²) in [5.74, 6) is 0. The Balaban J connectivity index is 3.76. The zero-order valence-corrected chi connectivity index (χ0v) is 10.7. The van der Waals surface area contributed by atoms with Crippen molar-refractivity contribution in [1.29, 1.82) is 0 Å². The van der Waals surface area contributed by atoms with Crippen molar-refractivity contribution in [2.45, 2.75) is 58.5 Å². The van der Waals surface area contributed by atoms with Gasteiger partial charge < -0.3 is 5.11 Å². The monoisotopic (exact) mass is 200 g/mol. The third-order valence-electron chi connectivity index (χ3n) is 1.89. The summed E-state index contributed by atoms with van der Waals surface area (Å²) in [4.78, 5) is 0. The largest absolute Gasteiger partial charge is 0.393 e. The van der Waals surface area contributed by atoms with E-state index in [0.717, 1.165) is 12.8 Å². The van der Waals surface area contributed by atoms with Crippen molar-refractivity contribution < 1.29 is 5.11 Å². The summed E-state index contributed by atoms with van der Waals surface area (Å²) in [7, 11) is -0.928. The van der Waals surface area contributed by atoms with Gasteiger partial charge in [0.05, 0.1) is 6.10 Å². The minimum absolute atomic E-state index is 0.157. The summed E-state index contributed by atoms with van der Waals surface area (Å²) in [5, 5.41) is 9.08. The predicted molar refractivity (Wildman–Crippen MR) is 62.8 cm³/mol. The molecule has 0 saturated carbocycles. The van der Waals surface area contributed by atoms with Gasteiger partial charge in [0.15, 0.2) is 0 Å².